The zero-order valence-corrected chi connectivity index (χ0v) is 19.0. The largest absolute Gasteiger partial charge is 0.494 e. The molecule has 8 nitrogen and oxygen atoms in total. The summed E-state index contributed by atoms with van der Waals surface area (Å²) in [7, 11) is 0. The summed E-state index contributed by atoms with van der Waals surface area (Å²) >= 11 is 0. The van der Waals surface area contributed by atoms with Crippen molar-refractivity contribution in [3.63, 3.8) is 0 Å². The maximum atomic E-state index is 13.3. The molecule has 2 aliphatic rings. The average Bonchev–Trinajstić information content (AvgIpc) is 3.48. The Balaban J connectivity index is 1.62. The van der Waals surface area contributed by atoms with E-state index in [-0.39, 0.29) is 11.6 Å². The van der Waals surface area contributed by atoms with Gasteiger partial charge in [-0.2, -0.15) is 0 Å². The molecule has 170 valence electrons. The van der Waals surface area contributed by atoms with Gasteiger partial charge in [-0.05, 0) is 86.3 Å². The molecule has 0 radical (unpaired) electrons. The van der Waals surface area contributed by atoms with Crippen LogP contribution in [-0.4, -0.2) is 49.8 Å². The summed E-state index contributed by atoms with van der Waals surface area (Å²) in [5.41, 5.74) is 1.43. The van der Waals surface area contributed by atoms with Gasteiger partial charge < -0.3 is 9.72 Å². The number of H-pyrrole nitrogens is 1. The number of hydrogen-bond acceptors (Lipinski definition) is 6. The lowest BCUT2D eigenvalue weighted by molar-refractivity contribution is 0.147. The van der Waals surface area contributed by atoms with Crippen LogP contribution in [0.4, 0.5) is 0 Å². The first-order valence-electron chi connectivity index (χ1n) is 12.0. The molecule has 5 rings (SSSR count). The molecule has 1 saturated carbocycles. The number of fused-ring (bicyclic) bond motifs is 1. The maximum absolute atomic E-state index is 13.3. The minimum Gasteiger partial charge on any atom is -0.494 e. The van der Waals surface area contributed by atoms with E-state index in [4.69, 9.17) is 4.74 Å². The average molecular weight is 437 g/mol. The molecular formula is C24H32N6O2. The van der Waals surface area contributed by atoms with Gasteiger partial charge in [0.25, 0.3) is 5.56 Å². The van der Waals surface area contributed by atoms with Gasteiger partial charge in [-0.3, -0.25) is 9.69 Å². The number of ether oxygens (including phenoxy) is 1. The fraction of sp³-hybridized carbons (Fsp3) is 0.583. The van der Waals surface area contributed by atoms with E-state index in [0.29, 0.717) is 24.1 Å². The number of aromatic amines is 1. The van der Waals surface area contributed by atoms with Crippen LogP contribution in [0.15, 0.2) is 29.1 Å². The molecule has 1 aliphatic carbocycles. The molecule has 8 heteroatoms. The summed E-state index contributed by atoms with van der Waals surface area (Å²) in [5, 5.41) is 13.9. The number of tetrazole rings is 1. The monoisotopic (exact) mass is 436 g/mol. The molecule has 2 aromatic heterocycles. The van der Waals surface area contributed by atoms with Crippen molar-refractivity contribution in [1.82, 2.24) is 30.1 Å². The van der Waals surface area contributed by atoms with Crippen molar-refractivity contribution in [2.75, 3.05) is 19.7 Å². The molecule has 1 aromatic carbocycles. The molecule has 0 unspecified atom stereocenters. The molecule has 1 saturated heterocycles. The fourth-order valence-corrected chi connectivity index (χ4v) is 5.24. The fourth-order valence-electron chi connectivity index (χ4n) is 5.24. The number of rotatable bonds is 6. The summed E-state index contributed by atoms with van der Waals surface area (Å²) in [6.45, 7) is 6.73. The van der Waals surface area contributed by atoms with Crippen molar-refractivity contribution in [1.29, 1.82) is 0 Å². The lowest BCUT2D eigenvalue weighted by Crippen LogP contribution is -2.40. The Morgan fingerprint density at radius 3 is 2.69 bits per heavy atom. The highest BCUT2D eigenvalue weighted by Crippen LogP contribution is 2.35. The molecule has 1 N–H and O–H groups in total. The normalized spacial score (nSPS) is 19.6. The van der Waals surface area contributed by atoms with Crippen LogP contribution < -0.4 is 10.3 Å². The number of hydrogen-bond donors (Lipinski definition) is 1. The Morgan fingerprint density at radius 2 is 1.94 bits per heavy atom. The Kier molecular flexibility index (Phi) is 5.95. The standard InChI is InChI=1S/C24H32N6O2/c1-3-32-19-8-9-21-17(14-19)15-20(24(31)25-21)22(29-12-10-16(2)11-13-29)23-26-27-28-30(23)18-6-4-5-7-18/h8-9,14-16,18,22H,3-7,10-13H2,1-2H3,(H,25,31)/t22-/m1/s1. The van der Waals surface area contributed by atoms with Gasteiger partial charge in [-0.1, -0.05) is 19.8 Å². The second-order valence-electron chi connectivity index (χ2n) is 9.28. The third-order valence-corrected chi connectivity index (χ3v) is 7.07. The van der Waals surface area contributed by atoms with E-state index < -0.39 is 0 Å². The molecule has 1 atom stereocenters. The molecule has 0 spiro atoms. The first kappa shape index (κ1) is 21.1. The van der Waals surface area contributed by atoms with Crippen LogP contribution in [-0.2, 0) is 0 Å². The molecular weight excluding hydrogens is 404 g/mol. The predicted molar refractivity (Wildman–Crippen MR) is 123 cm³/mol. The van der Waals surface area contributed by atoms with Crippen LogP contribution in [0.1, 0.15) is 75.8 Å². The van der Waals surface area contributed by atoms with Crippen LogP contribution >= 0.6 is 0 Å². The number of nitrogens with zero attached hydrogens (tertiary/aromatic N) is 5. The van der Waals surface area contributed by atoms with Crippen LogP contribution in [0.25, 0.3) is 10.9 Å². The molecule has 2 fully saturated rings. The smallest absolute Gasteiger partial charge is 0.253 e. The van der Waals surface area contributed by atoms with Gasteiger partial charge in [0.2, 0.25) is 0 Å². The van der Waals surface area contributed by atoms with E-state index in [9.17, 15) is 4.79 Å². The van der Waals surface area contributed by atoms with Crippen molar-refractivity contribution in [3.05, 3.63) is 46.0 Å². The summed E-state index contributed by atoms with van der Waals surface area (Å²) in [6.07, 6.45) is 6.81. The topological polar surface area (TPSA) is 88.9 Å². The highest BCUT2D eigenvalue weighted by molar-refractivity contribution is 5.80. The quantitative estimate of drug-likeness (QED) is 0.631. The van der Waals surface area contributed by atoms with Gasteiger partial charge in [0, 0.05) is 16.5 Å². The first-order valence-corrected chi connectivity index (χ1v) is 12.0. The van der Waals surface area contributed by atoms with Gasteiger partial charge >= 0.3 is 0 Å². The molecule has 0 bridgehead atoms. The number of benzene rings is 1. The van der Waals surface area contributed by atoms with Gasteiger partial charge in [-0.15, -0.1) is 5.10 Å². The van der Waals surface area contributed by atoms with E-state index in [1.807, 2.05) is 35.9 Å². The van der Waals surface area contributed by atoms with Crippen LogP contribution in [0.5, 0.6) is 5.75 Å². The zero-order chi connectivity index (χ0) is 22.1. The molecule has 3 aromatic rings. The Morgan fingerprint density at radius 1 is 1.16 bits per heavy atom. The highest BCUT2D eigenvalue weighted by Gasteiger charge is 2.34. The van der Waals surface area contributed by atoms with Crippen molar-refractivity contribution in [3.8, 4) is 5.75 Å². The van der Waals surface area contributed by atoms with Crippen molar-refractivity contribution in [2.24, 2.45) is 5.92 Å². The Hall–Kier alpha value is -2.74. The van der Waals surface area contributed by atoms with Gasteiger partial charge in [-0.25, -0.2) is 4.68 Å². The van der Waals surface area contributed by atoms with E-state index in [0.717, 1.165) is 61.2 Å². The number of pyridine rings is 1. The lowest BCUT2D eigenvalue weighted by Gasteiger charge is -2.36. The van der Waals surface area contributed by atoms with Crippen LogP contribution in [0.2, 0.25) is 0 Å². The van der Waals surface area contributed by atoms with E-state index in [1.54, 1.807) is 0 Å². The van der Waals surface area contributed by atoms with Crippen molar-refractivity contribution in [2.45, 2.75) is 64.5 Å². The van der Waals surface area contributed by atoms with Gasteiger partial charge in [0.15, 0.2) is 5.82 Å². The second kappa shape index (κ2) is 9.02. The minimum atomic E-state index is -0.262. The molecule has 32 heavy (non-hydrogen) atoms. The Labute approximate surface area is 188 Å². The van der Waals surface area contributed by atoms with Crippen LogP contribution in [0.3, 0.4) is 0 Å². The third-order valence-electron chi connectivity index (χ3n) is 7.07. The minimum absolute atomic E-state index is 0.0775. The summed E-state index contributed by atoms with van der Waals surface area (Å²) in [6, 6.07) is 7.86. The predicted octanol–water partition coefficient (Wildman–Crippen LogP) is 3.85. The zero-order valence-electron chi connectivity index (χ0n) is 19.0. The van der Waals surface area contributed by atoms with E-state index >= 15 is 0 Å². The summed E-state index contributed by atoms with van der Waals surface area (Å²) in [5.74, 6) is 2.29. The number of likely N-dealkylation sites (tertiary alicyclic amines) is 1. The van der Waals surface area contributed by atoms with Crippen molar-refractivity contribution >= 4 is 10.9 Å². The van der Waals surface area contributed by atoms with Crippen LogP contribution in [0, 0.1) is 5.92 Å². The highest BCUT2D eigenvalue weighted by atomic mass is 16.5. The maximum Gasteiger partial charge on any atom is 0.253 e. The number of nitrogens with one attached hydrogen (secondary N) is 1. The van der Waals surface area contributed by atoms with E-state index in [1.165, 1.54) is 12.8 Å². The summed E-state index contributed by atoms with van der Waals surface area (Å²) < 4.78 is 7.69. The summed E-state index contributed by atoms with van der Waals surface area (Å²) in [4.78, 5) is 18.8. The Bertz CT molecular complexity index is 1120. The SMILES string of the molecule is CCOc1ccc2[nH]c(=O)c([C@H](c3nnnn3C3CCCC3)N3CCC(C)CC3)cc2c1. The molecule has 1 aliphatic heterocycles. The second-order valence-corrected chi connectivity index (χ2v) is 9.28. The molecule has 3 heterocycles. The third kappa shape index (κ3) is 4.03. The number of piperidine rings is 1. The number of aromatic nitrogens is 5. The molecule has 0 amide bonds. The van der Waals surface area contributed by atoms with E-state index in [2.05, 4.69) is 32.3 Å². The lowest BCUT2D eigenvalue weighted by atomic mass is 9.95. The van der Waals surface area contributed by atoms with Crippen molar-refractivity contribution < 1.29 is 4.74 Å². The van der Waals surface area contributed by atoms with Gasteiger partial charge in [0.1, 0.15) is 11.8 Å². The first-order chi connectivity index (χ1) is 15.6. The van der Waals surface area contributed by atoms with Gasteiger partial charge in [0.05, 0.1) is 12.6 Å².